The third-order valence-electron chi connectivity index (χ3n) is 6.44. The maximum absolute atomic E-state index is 12.1. The van der Waals surface area contributed by atoms with Gasteiger partial charge in [0.15, 0.2) is 0 Å². The molecule has 88 valence electrons. The highest BCUT2D eigenvalue weighted by Gasteiger charge is 2.72. The maximum Gasteiger partial charge on any atom is 0.139 e. The summed E-state index contributed by atoms with van der Waals surface area (Å²) in [6.07, 6.45) is 6.88. The summed E-state index contributed by atoms with van der Waals surface area (Å²) in [6.45, 7) is 9.01. The Hall–Kier alpha value is -0.590. The fraction of sp³-hybridized carbons (Fsp3) is 0.800. The third-order valence-corrected chi connectivity index (χ3v) is 6.44. The molecule has 1 heteroatoms. The van der Waals surface area contributed by atoms with E-state index < -0.39 is 0 Å². The molecule has 0 aromatic rings. The van der Waals surface area contributed by atoms with Gasteiger partial charge in [-0.3, -0.25) is 4.79 Å². The molecule has 3 atom stereocenters. The van der Waals surface area contributed by atoms with Crippen LogP contribution in [0.15, 0.2) is 11.6 Å². The molecule has 0 radical (unpaired) electrons. The highest BCUT2D eigenvalue weighted by atomic mass is 16.1. The first-order valence-corrected chi connectivity index (χ1v) is 6.55. The lowest BCUT2D eigenvalue weighted by atomic mass is 9.59. The summed E-state index contributed by atoms with van der Waals surface area (Å²) in [4.78, 5) is 12.1. The van der Waals surface area contributed by atoms with Crippen LogP contribution in [0.25, 0.3) is 0 Å². The third kappa shape index (κ3) is 0.881. The predicted octanol–water partition coefficient (Wildman–Crippen LogP) is 3.74. The molecule has 0 aromatic carbocycles. The number of Topliss-reactive ketones (excluding diaryl/α,β-unsaturated/α-hetero) is 1. The molecule has 0 unspecified atom stereocenters. The Kier molecular flexibility index (Phi) is 1.73. The van der Waals surface area contributed by atoms with Crippen molar-refractivity contribution in [1.82, 2.24) is 0 Å². The molecule has 0 aromatic heterocycles. The largest absolute Gasteiger partial charge is 0.299 e. The number of hydrogen-bond acceptors (Lipinski definition) is 1. The second-order valence-electron chi connectivity index (χ2n) is 6.95. The van der Waals surface area contributed by atoms with Gasteiger partial charge in [0.25, 0.3) is 0 Å². The lowest BCUT2D eigenvalue weighted by Gasteiger charge is -2.44. The van der Waals surface area contributed by atoms with Gasteiger partial charge in [0.05, 0.1) is 0 Å². The van der Waals surface area contributed by atoms with E-state index in [1.807, 2.05) is 0 Å². The molecule has 0 bridgehead atoms. The molecule has 1 nitrogen and oxygen atoms in total. The summed E-state index contributed by atoms with van der Waals surface area (Å²) in [7, 11) is 0. The highest BCUT2D eigenvalue weighted by molar-refractivity contribution is 5.87. The number of fused-ring (bicyclic) bond motifs is 1. The molecule has 0 saturated heterocycles. The second-order valence-corrected chi connectivity index (χ2v) is 6.95. The van der Waals surface area contributed by atoms with Crippen LogP contribution in [0.3, 0.4) is 0 Å². The Bertz CT molecular complexity index is 404. The van der Waals surface area contributed by atoms with Crippen molar-refractivity contribution in [1.29, 1.82) is 0 Å². The van der Waals surface area contributed by atoms with E-state index >= 15 is 0 Å². The van der Waals surface area contributed by atoms with Gasteiger partial charge in [-0.15, -0.1) is 0 Å². The summed E-state index contributed by atoms with van der Waals surface area (Å²) < 4.78 is 0. The summed E-state index contributed by atoms with van der Waals surface area (Å²) in [5.41, 5.74) is 2.15. The van der Waals surface area contributed by atoms with E-state index in [1.54, 1.807) is 5.57 Å². The van der Waals surface area contributed by atoms with Crippen LogP contribution < -0.4 is 0 Å². The summed E-state index contributed by atoms with van der Waals surface area (Å²) in [6, 6.07) is 0. The van der Waals surface area contributed by atoms with Gasteiger partial charge >= 0.3 is 0 Å². The van der Waals surface area contributed by atoms with E-state index in [0.717, 1.165) is 18.8 Å². The number of carbonyl (C=O) groups is 1. The van der Waals surface area contributed by atoms with Gasteiger partial charge in [-0.2, -0.15) is 0 Å². The van der Waals surface area contributed by atoms with Crippen LogP contribution in [-0.2, 0) is 4.79 Å². The Morgan fingerprint density at radius 1 is 1.31 bits per heavy atom. The molecular formula is C15H22O. The van der Waals surface area contributed by atoms with E-state index in [1.165, 1.54) is 12.8 Å². The first-order chi connectivity index (χ1) is 7.35. The minimum atomic E-state index is -0.111. The Labute approximate surface area is 98.3 Å². The number of rotatable bonds is 1. The normalized spacial score (nSPS) is 49.1. The quantitative estimate of drug-likeness (QED) is 0.613. The predicted molar refractivity (Wildman–Crippen MR) is 65.0 cm³/mol. The minimum absolute atomic E-state index is 0.111. The maximum atomic E-state index is 12.1. The summed E-state index contributed by atoms with van der Waals surface area (Å²) >= 11 is 0. The fourth-order valence-electron chi connectivity index (χ4n) is 4.62. The monoisotopic (exact) mass is 218 g/mol. The zero-order valence-corrected chi connectivity index (χ0v) is 10.9. The molecule has 3 aliphatic rings. The van der Waals surface area contributed by atoms with E-state index in [0.29, 0.717) is 11.2 Å². The molecule has 0 heterocycles. The Morgan fingerprint density at radius 2 is 2.00 bits per heavy atom. The van der Waals surface area contributed by atoms with Crippen LogP contribution in [-0.4, -0.2) is 5.78 Å². The minimum Gasteiger partial charge on any atom is -0.299 e. The Balaban J connectivity index is 2.00. The van der Waals surface area contributed by atoms with E-state index in [-0.39, 0.29) is 10.8 Å². The standard InChI is InChI=1S/C15H22O/c1-10-5-8-15(9-11(10)15)14(4)7-6-12(16)13(14,2)3/h5,11H,6-9H2,1-4H3/t11-,14+,15-/m1/s1. The lowest BCUT2D eigenvalue weighted by molar-refractivity contribution is -0.129. The average Bonchev–Trinajstić information content (AvgIpc) is 2.84. The zero-order valence-electron chi connectivity index (χ0n) is 10.9. The molecular weight excluding hydrogens is 196 g/mol. The van der Waals surface area contributed by atoms with Gasteiger partial charge in [-0.1, -0.05) is 32.4 Å². The molecule has 2 saturated carbocycles. The number of carbonyl (C=O) groups excluding carboxylic acids is 1. The number of hydrogen-bond donors (Lipinski definition) is 0. The highest BCUT2D eigenvalue weighted by Crippen LogP contribution is 2.77. The molecule has 3 rings (SSSR count). The van der Waals surface area contributed by atoms with Gasteiger partial charge in [-0.05, 0) is 42.9 Å². The van der Waals surface area contributed by atoms with Crippen LogP contribution in [0.4, 0.5) is 0 Å². The molecule has 16 heavy (non-hydrogen) atoms. The van der Waals surface area contributed by atoms with Crippen molar-refractivity contribution in [2.24, 2.45) is 22.2 Å². The summed E-state index contributed by atoms with van der Waals surface area (Å²) in [5.74, 6) is 1.28. The fourth-order valence-corrected chi connectivity index (χ4v) is 4.62. The van der Waals surface area contributed by atoms with Gasteiger partial charge in [-0.25, -0.2) is 0 Å². The van der Waals surface area contributed by atoms with Gasteiger partial charge in [0, 0.05) is 11.8 Å². The topological polar surface area (TPSA) is 17.1 Å². The zero-order chi connectivity index (χ0) is 11.8. The first-order valence-electron chi connectivity index (χ1n) is 6.55. The van der Waals surface area contributed by atoms with Crippen molar-refractivity contribution in [2.45, 2.75) is 53.4 Å². The average molecular weight is 218 g/mol. The number of allylic oxidation sites excluding steroid dienone is 2. The van der Waals surface area contributed by atoms with E-state index in [4.69, 9.17) is 0 Å². The molecule has 0 aliphatic heterocycles. The number of ketones is 1. The SMILES string of the molecule is CC1=CC[C@@]2([C@@]3(C)CCC(=O)C3(C)C)C[C@H]12. The smallest absolute Gasteiger partial charge is 0.139 e. The molecule has 2 fully saturated rings. The second kappa shape index (κ2) is 2.63. The van der Waals surface area contributed by atoms with Crippen LogP contribution in [0.2, 0.25) is 0 Å². The van der Waals surface area contributed by atoms with E-state index in [9.17, 15) is 4.79 Å². The van der Waals surface area contributed by atoms with Gasteiger partial charge < -0.3 is 0 Å². The Morgan fingerprint density at radius 3 is 2.38 bits per heavy atom. The molecule has 3 aliphatic carbocycles. The van der Waals surface area contributed by atoms with Crippen molar-refractivity contribution >= 4 is 5.78 Å². The van der Waals surface area contributed by atoms with E-state index in [2.05, 4.69) is 33.8 Å². The van der Waals surface area contributed by atoms with Crippen molar-refractivity contribution in [2.75, 3.05) is 0 Å². The lowest BCUT2D eigenvalue weighted by Crippen LogP contribution is -2.42. The van der Waals surface area contributed by atoms with Crippen LogP contribution in [0.1, 0.15) is 53.4 Å². The van der Waals surface area contributed by atoms with Crippen molar-refractivity contribution in [3.05, 3.63) is 11.6 Å². The van der Waals surface area contributed by atoms with Crippen LogP contribution in [0, 0.1) is 22.2 Å². The molecule has 0 N–H and O–H groups in total. The van der Waals surface area contributed by atoms with Crippen molar-refractivity contribution in [3.63, 3.8) is 0 Å². The van der Waals surface area contributed by atoms with Crippen molar-refractivity contribution < 1.29 is 4.79 Å². The van der Waals surface area contributed by atoms with Crippen LogP contribution in [0.5, 0.6) is 0 Å². The first kappa shape index (κ1) is 10.6. The molecule has 0 spiro atoms. The van der Waals surface area contributed by atoms with Gasteiger partial charge in [0.1, 0.15) is 5.78 Å². The summed E-state index contributed by atoms with van der Waals surface area (Å²) in [5, 5.41) is 0. The van der Waals surface area contributed by atoms with Crippen molar-refractivity contribution in [3.8, 4) is 0 Å². The molecule has 0 amide bonds. The van der Waals surface area contributed by atoms with Gasteiger partial charge in [0.2, 0.25) is 0 Å². The van der Waals surface area contributed by atoms with Crippen LogP contribution >= 0.6 is 0 Å².